The molecule has 4 rings (SSSR count). The first kappa shape index (κ1) is 33.4. The van der Waals surface area contributed by atoms with Gasteiger partial charge in [-0.15, -0.1) is 0 Å². The molecule has 2 aromatic heterocycles. The van der Waals surface area contributed by atoms with Gasteiger partial charge in [-0.2, -0.15) is 13.2 Å². The van der Waals surface area contributed by atoms with Crippen LogP contribution in [0.25, 0.3) is 22.2 Å². The maximum atomic E-state index is 13.8. The summed E-state index contributed by atoms with van der Waals surface area (Å²) in [6, 6.07) is 15.9. The maximum absolute atomic E-state index is 13.8. The molecule has 0 amide bonds. The van der Waals surface area contributed by atoms with Gasteiger partial charge in [-0.1, -0.05) is 82.7 Å². The molecule has 0 fully saturated rings. The fraction of sp³-hybridized carbons (Fsp3) is 0.472. The van der Waals surface area contributed by atoms with Gasteiger partial charge in [-0.25, -0.2) is 9.97 Å². The summed E-state index contributed by atoms with van der Waals surface area (Å²) in [5, 5.41) is 4.31. The number of nitrogens with one attached hydrogen (secondary N) is 1. The second-order valence-corrected chi connectivity index (χ2v) is 11.6. The number of unbranched alkanes of at least 4 members (excludes halogenated alkanes) is 6. The molecule has 8 heteroatoms. The molecule has 44 heavy (non-hydrogen) atoms. The summed E-state index contributed by atoms with van der Waals surface area (Å²) in [6.45, 7) is 9.78. The van der Waals surface area contributed by atoms with E-state index in [-0.39, 0.29) is 5.69 Å². The van der Waals surface area contributed by atoms with E-state index in [0.29, 0.717) is 35.8 Å². The average molecular weight is 606 g/mol. The predicted molar refractivity (Wildman–Crippen MR) is 175 cm³/mol. The topological polar surface area (TPSA) is 53.9 Å². The molecule has 2 heterocycles. The fourth-order valence-corrected chi connectivity index (χ4v) is 5.60. The van der Waals surface area contributed by atoms with Crippen molar-refractivity contribution in [2.24, 2.45) is 0 Å². The maximum Gasteiger partial charge on any atom is 0.418 e. The van der Waals surface area contributed by atoms with Gasteiger partial charge in [0.25, 0.3) is 0 Å². The Hall–Kier alpha value is -3.52. The van der Waals surface area contributed by atoms with Crippen molar-refractivity contribution in [2.75, 3.05) is 25.0 Å². The molecule has 0 saturated heterocycles. The van der Waals surface area contributed by atoms with Crippen LogP contribution in [0.4, 0.5) is 19.0 Å². The first-order valence-corrected chi connectivity index (χ1v) is 16.1. The number of benzene rings is 2. The van der Waals surface area contributed by atoms with Crippen LogP contribution in [0.15, 0.2) is 60.8 Å². The highest BCUT2D eigenvalue weighted by molar-refractivity contribution is 5.92. The first-order chi connectivity index (χ1) is 21.3. The van der Waals surface area contributed by atoms with Crippen molar-refractivity contribution in [3.8, 4) is 11.3 Å². The lowest BCUT2D eigenvalue weighted by molar-refractivity contribution is -0.137. The average Bonchev–Trinajstić information content (AvgIpc) is 3.01. The number of hydrogen-bond acceptors (Lipinski definition) is 5. The highest BCUT2D eigenvalue weighted by Crippen LogP contribution is 2.37. The lowest BCUT2D eigenvalue weighted by Gasteiger charge is -2.22. The largest absolute Gasteiger partial charge is 0.418 e. The van der Waals surface area contributed by atoms with Gasteiger partial charge in [-0.05, 0) is 74.7 Å². The molecule has 0 radical (unpaired) electrons. The minimum atomic E-state index is -4.51. The predicted octanol–water partition coefficient (Wildman–Crippen LogP) is 9.64. The SMILES string of the molecule is CCCCCCN(CCCCCC)Cc1nc(NCCc2ccccc2C)c2ccc(-c3ncccc3C(F)(F)F)cc2n1. The summed E-state index contributed by atoms with van der Waals surface area (Å²) in [5.41, 5.74) is 2.66. The molecule has 0 unspecified atom stereocenters. The smallest absolute Gasteiger partial charge is 0.369 e. The first-order valence-electron chi connectivity index (χ1n) is 16.1. The van der Waals surface area contributed by atoms with E-state index in [2.05, 4.69) is 48.1 Å². The van der Waals surface area contributed by atoms with Crippen LogP contribution < -0.4 is 5.32 Å². The molecule has 0 spiro atoms. The Balaban J connectivity index is 1.67. The Morgan fingerprint density at radius 3 is 2.23 bits per heavy atom. The van der Waals surface area contributed by atoms with Crippen molar-refractivity contribution >= 4 is 16.7 Å². The zero-order chi connectivity index (χ0) is 31.4. The second kappa shape index (κ2) is 16.5. The van der Waals surface area contributed by atoms with E-state index in [9.17, 15) is 13.2 Å². The quantitative estimate of drug-likeness (QED) is 0.121. The lowest BCUT2D eigenvalue weighted by Crippen LogP contribution is -2.27. The van der Waals surface area contributed by atoms with E-state index in [1.54, 1.807) is 12.1 Å². The molecular formula is C36H46F3N5. The van der Waals surface area contributed by atoms with Crippen LogP contribution in [-0.2, 0) is 19.1 Å². The van der Waals surface area contributed by atoms with E-state index in [1.807, 2.05) is 18.2 Å². The van der Waals surface area contributed by atoms with Gasteiger partial charge < -0.3 is 5.32 Å². The number of aryl methyl sites for hydroxylation is 1. The van der Waals surface area contributed by atoms with Crippen LogP contribution in [0.3, 0.4) is 0 Å². The monoisotopic (exact) mass is 605 g/mol. The highest BCUT2D eigenvalue weighted by atomic mass is 19.4. The van der Waals surface area contributed by atoms with Gasteiger partial charge in [0.15, 0.2) is 0 Å². The van der Waals surface area contributed by atoms with E-state index >= 15 is 0 Å². The third kappa shape index (κ3) is 9.49. The Labute approximate surface area is 260 Å². The van der Waals surface area contributed by atoms with Crippen molar-refractivity contribution in [1.29, 1.82) is 0 Å². The van der Waals surface area contributed by atoms with E-state index in [1.165, 1.54) is 61.9 Å². The Kier molecular flexibility index (Phi) is 12.5. The highest BCUT2D eigenvalue weighted by Gasteiger charge is 2.34. The van der Waals surface area contributed by atoms with Crippen LogP contribution in [0.5, 0.6) is 0 Å². The molecule has 0 saturated carbocycles. The minimum absolute atomic E-state index is 0.0930. The summed E-state index contributed by atoms with van der Waals surface area (Å²) >= 11 is 0. The molecule has 0 aliphatic carbocycles. The van der Waals surface area contributed by atoms with E-state index < -0.39 is 11.7 Å². The fourth-order valence-electron chi connectivity index (χ4n) is 5.60. The summed E-state index contributed by atoms with van der Waals surface area (Å²) in [6.07, 6.45) is 7.19. The zero-order valence-electron chi connectivity index (χ0n) is 26.4. The third-order valence-electron chi connectivity index (χ3n) is 8.10. The van der Waals surface area contributed by atoms with Gasteiger partial charge in [0.2, 0.25) is 0 Å². The van der Waals surface area contributed by atoms with Gasteiger partial charge in [0.1, 0.15) is 11.6 Å². The lowest BCUT2D eigenvalue weighted by atomic mass is 10.0. The van der Waals surface area contributed by atoms with Crippen LogP contribution in [0.2, 0.25) is 0 Å². The van der Waals surface area contributed by atoms with Crippen LogP contribution in [-0.4, -0.2) is 39.5 Å². The molecule has 0 atom stereocenters. The van der Waals surface area contributed by atoms with Crippen LogP contribution in [0.1, 0.15) is 87.7 Å². The molecule has 0 aliphatic heterocycles. The second-order valence-electron chi connectivity index (χ2n) is 11.6. The summed E-state index contributed by atoms with van der Waals surface area (Å²) in [7, 11) is 0. The number of anilines is 1. The number of halogens is 3. The van der Waals surface area contributed by atoms with Gasteiger partial charge >= 0.3 is 6.18 Å². The van der Waals surface area contributed by atoms with Gasteiger partial charge in [-0.3, -0.25) is 9.88 Å². The summed E-state index contributed by atoms with van der Waals surface area (Å²) < 4.78 is 41.5. The zero-order valence-corrected chi connectivity index (χ0v) is 26.4. The van der Waals surface area contributed by atoms with E-state index in [0.717, 1.165) is 43.8 Å². The minimum Gasteiger partial charge on any atom is -0.369 e. The van der Waals surface area contributed by atoms with E-state index in [4.69, 9.17) is 9.97 Å². The molecule has 5 nitrogen and oxygen atoms in total. The molecule has 236 valence electrons. The van der Waals surface area contributed by atoms with Crippen molar-refractivity contribution in [2.45, 2.75) is 91.3 Å². The summed E-state index contributed by atoms with van der Waals surface area (Å²) in [5.74, 6) is 1.38. The molecule has 0 bridgehead atoms. The Morgan fingerprint density at radius 1 is 0.818 bits per heavy atom. The van der Waals surface area contributed by atoms with Crippen molar-refractivity contribution < 1.29 is 13.2 Å². The Morgan fingerprint density at radius 2 is 1.55 bits per heavy atom. The third-order valence-corrected chi connectivity index (χ3v) is 8.10. The number of pyridine rings is 1. The number of nitrogens with zero attached hydrogens (tertiary/aromatic N) is 4. The van der Waals surface area contributed by atoms with Crippen molar-refractivity contribution in [1.82, 2.24) is 19.9 Å². The number of hydrogen-bond donors (Lipinski definition) is 1. The number of alkyl halides is 3. The van der Waals surface area contributed by atoms with Crippen molar-refractivity contribution in [3.05, 3.63) is 83.3 Å². The van der Waals surface area contributed by atoms with Crippen LogP contribution >= 0.6 is 0 Å². The van der Waals surface area contributed by atoms with Crippen molar-refractivity contribution in [3.63, 3.8) is 0 Å². The normalized spacial score (nSPS) is 11.9. The molecule has 1 N–H and O–H groups in total. The molecule has 2 aromatic carbocycles. The number of aromatic nitrogens is 3. The van der Waals surface area contributed by atoms with Gasteiger partial charge in [0.05, 0.1) is 23.3 Å². The summed E-state index contributed by atoms with van der Waals surface area (Å²) in [4.78, 5) is 16.5. The standard InChI is InChI=1S/C36H46F3N5/c1-4-6-8-12-23-44(24-13-9-7-5-2)26-33-42-32-25-29(34-31(36(37,38)39)17-14-21-40-34)18-19-30(32)35(43-33)41-22-20-28-16-11-10-15-27(28)3/h10-11,14-19,21,25H,4-9,12-13,20,22-24,26H2,1-3H3,(H,41,42,43). The molecular weight excluding hydrogens is 559 g/mol. The number of rotatable bonds is 17. The van der Waals surface area contributed by atoms with Crippen LogP contribution in [0, 0.1) is 6.92 Å². The Bertz CT molecular complexity index is 1460. The molecule has 4 aromatic rings. The van der Waals surface area contributed by atoms with Gasteiger partial charge in [0, 0.05) is 23.7 Å². The number of fused-ring (bicyclic) bond motifs is 1. The molecule has 0 aliphatic rings.